The number of imide groups is 1. The second-order valence-electron chi connectivity index (χ2n) is 7.51. The van der Waals surface area contributed by atoms with Crippen molar-refractivity contribution in [1.82, 2.24) is 4.90 Å². The molecule has 2 amide bonds. The van der Waals surface area contributed by atoms with Crippen LogP contribution in [0.25, 0.3) is 17.2 Å². The van der Waals surface area contributed by atoms with Crippen LogP contribution in [0.3, 0.4) is 0 Å². The number of benzene rings is 3. The predicted octanol–water partition coefficient (Wildman–Crippen LogP) is 6.92. The number of ether oxygens (including phenoxy) is 3. The van der Waals surface area contributed by atoms with E-state index < -0.39 is 0 Å². The molecule has 0 spiro atoms. The number of carbonyl (C=O) groups is 2. The Bertz CT molecular complexity index is 1320. The van der Waals surface area contributed by atoms with Gasteiger partial charge in [0.25, 0.3) is 11.1 Å². The summed E-state index contributed by atoms with van der Waals surface area (Å²) in [6.45, 7) is 0.102. The summed E-state index contributed by atoms with van der Waals surface area (Å²) < 4.78 is 16.7. The first-order chi connectivity index (χ1) is 16.9. The van der Waals surface area contributed by atoms with Gasteiger partial charge in [0.05, 0.1) is 48.4 Å². The van der Waals surface area contributed by atoms with E-state index in [0.717, 1.165) is 22.9 Å². The molecule has 1 aliphatic heterocycles. The number of hydrogen-bond acceptors (Lipinski definition) is 6. The quantitative estimate of drug-likeness (QED) is 0.309. The van der Waals surface area contributed by atoms with E-state index in [1.165, 1.54) is 4.90 Å². The van der Waals surface area contributed by atoms with Gasteiger partial charge in [0.1, 0.15) is 17.2 Å². The highest BCUT2D eigenvalue weighted by Crippen LogP contribution is 2.43. The fraction of sp³-hybridized carbons (Fsp3) is 0.154. The van der Waals surface area contributed by atoms with Gasteiger partial charge in [-0.05, 0) is 65.4 Å². The molecule has 1 fully saturated rings. The molecule has 0 unspecified atom stereocenters. The Labute approximate surface area is 217 Å². The molecule has 0 radical (unpaired) electrons. The first-order valence-corrected chi connectivity index (χ1v) is 12.0. The first kappa shape index (κ1) is 25.0. The maximum Gasteiger partial charge on any atom is 0.293 e. The summed E-state index contributed by atoms with van der Waals surface area (Å²) in [6.07, 6.45) is 1.69. The van der Waals surface area contributed by atoms with E-state index in [2.05, 4.69) is 0 Å². The minimum Gasteiger partial charge on any atom is -0.496 e. The highest BCUT2D eigenvalue weighted by molar-refractivity contribution is 8.18. The van der Waals surface area contributed by atoms with Gasteiger partial charge in [0, 0.05) is 5.56 Å². The van der Waals surface area contributed by atoms with Gasteiger partial charge in [-0.25, -0.2) is 0 Å². The van der Waals surface area contributed by atoms with Crippen LogP contribution in [0.2, 0.25) is 10.0 Å². The van der Waals surface area contributed by atoms with Crippen molar-refractivity contribution in [2.24, 2.45) is 0 Å². The standard InChI is InChI=1S/C26H21Cl2NO5S/c1-32-20-10-8-15(11-17(20)24-21(33-2)5-4-6-22(24)34-3)13-23-25(30)29(26(31)35-23)14-16-7-9-18(27)19(28)12-16/h4-13H,14H2,1-3H3. The maximum atomic E-state index is 13.0. The van der Waals surface area contributed by atoms with Crippen LogP contribution in [-0.4, -0.2) is 37.4 Å². The minimum absolute atomic E-state index is 0.102. The van der Waals surface area contributed by atoms with Crippen LogP contribution in [0.4, 0.5) is 4.79 Å². The summed E-state index contributed by atoms with van der Waals surface area (Å²) in [7, 11) is 4.74. The third kappa shape index (κ3) is 5.12. The molecule has 0 atom stereocenters. The van der Waals surface area contributed by atoms with Crippen molar-refractivity contribution in [3.8, 4) is 28.4 Å². The summed E-state index contributed by atoms with van der Waals surface area (Å²) in [4.78, 5) is 27.2. The Morgan fingerprint density at radius 3 is 2.17 bits per heavy atom. The van der Waals surface area contributed by atoms with Crippen molar-refractivity contribution in [2.45, 2.75) is 6.54 Å². The zero-order chi connectivity index (χ0) is 25.1. The molecule has 4 rings (SSSR count). The van der Waals surface area contributed by atoms with Crippen LogP contribution in [0.1, 0.15) is 11.1 Å². The minimum atomic E-state index is -0.377. The molecule has 0 N–H and O–H groups in total. The largest absolute Gasteiger partial charge is 0.496 e. The van der Waals surface area contributed by atoms with Gasteiger partial charge in [-0.3, -0.25) is 14.5 Å². The van der Waals surface area contributed by atoms with Crippen LogP contribution >= 0.6 is 35.0 Å². The number of nitrogens with zero attached hydrogens (tertiary/aromatic N) is 1. The Balaban J connectivity index is 1.68. The predicted molar refractivity (Wildman–Crippen MR) is 140 cm³/mol. The molecule has 3 aromatic rings. The zero-order valence-corrected chi connectivity index (χ0v) is 21.5. The molecule has 1 aliphatic rings. The van der Waals surface area contributed by atoms with E-state index in [1.807, 2.05) is 30.3 Å². The van der Waals surface area contributed by atoms with E-state index >= 15 is 0 Å². The topological polar surface area (TPSA) is 65.1 Å². The van der Waals surface area contributed by atoms with Crippen molar-refractivity contribution in [1.29, 1.82) is 0 Å². The number of thioether (sulfide) groups is 1. The normalized spacial score (nSPS) is 14.5. The molecule has 180 valence electrons. The average molecular weight is 530 g/mol. The van der Waals surface area contributed by atoms with Crippen LogP contribution in [0, 0.1) is 0 Å². The van der Waals surface area contributed by atoms with Crippen LogP contribution in [0.5, 0.6) is 17.2 Å². The summed E-state index contributed by atoms with van der Waals surface area (Å²) in [5.41, 5.74) is 2.87. The van der Waals surface area contributed by atoms with Crippen molar-refractivity contribution < 1.29 is 23.8 Å². The van der Waals surface area contributed by atoms with Crippen LogP contribution in [0.15, 0.2) is 59.5 Å². The van der Waals surface area contributed by atoms with Crippen molar-refractivity contribution in [2.75, 3.05) is 21.3 Å². The number of amides is 2. The number of carbonyl (C=O) groups excluding carboxylic acids is 2. The fourth-order valence-electron chi connectivity index (χ4n) is 3.74. The van der Waals surface area contributed by atoms with Crippen molar-refractivity contribution >= 4 is 52.2 Å². The number of methoxy groups -OCH3 is 3. The second kappa shape index (κ2) is 10.6. The molecule has 1 saturated heterocycles. The third-order valence-corrected chi connectivity index (χ3v) is 7.06. The third-order valence-electron chi connectivity index (χ3n) is 5.42. The second-order valence-corrected chi connectivity index (χ2v) is 9.32. The Morgan fingerprint density at radius 2 is 1.54 bits per heavy atom. The highest BCUT2D eigenvalue weighted by Gasteiger charge is 2.35. The lowest BCUT2D eigenvalue weighted by Crippen LogP contribution is -2.27. The van der Waals surface area contributed by atoms with Crippen molar-refractivity contribution in [3.05, 3.63) is 80.7 Å². The Morgan fingerprint density at radius 1 is 0.857 bits per heavy atom. The maximum absolute atomic E-state index is 13.0. The summed E-state index contributed by atoms with van der Waals surface area (Å²) in [5.74, 6) is 1.46. The van der Waals surface area contributed by atoms with Gasteiger partial charge in [-0.15, -0.1) is 0 Å². The number of rotatable bonds is 7. The van der Waals surface area contributed by atoms with Gasteiger partial charge < -0.3 is 14.2 Å². The number of halogens is 2. The SMILES string of the molecule is COc1ccc(C=C2SC(=O)N(Cc3ccc(Cl)c(Cl)c3)C2=O)cc1-c1c(OC)cccc1OC. The summed E-state index contributed by atoms with van der Waals surface area (Å²) >= 11 is 12.9. The molecular weight excluding hydrogens is 509 g/mol. The lowest BCUT2D eigenvalue weighted by Gasteiger charge is -2.16. The molecule has 6 nitrogen and oxygen atoms in total. The molecule has 0 saturated carbocycles. The zero-order valence-electron chi connectivity index (χ0n) is 19.1. The van der Waals surface area contributed by atoms with Crippen LogP contribution < -0.4 is 14.2 Å². The van der Waals surface area contributed by atoms with E-state index in [1.54, 1.807) is 51.7 Å². The van der Waals surface area contributed by atoms with Crippen LogP contribution in [-0.2, 0) is 11.3 Å². The molecular formula is C26H21Cl2NO5S. The molecule has 0 bridgehead atoms. The van der Waals surface area contributed by atoms with E-state index in [0.29, 0.717) is 43.3 Å². The van der Waals surface area contributed by atoms with Gasteiger partial charge >= 0.3 is 0 Å². The molecule has 3 aromatic carbocycles. The van der Waals surface area contributed by atoms with Gasteiger partial charge in [-0.1, -0.05) is 41.4 Å². The lowest BCUT2D eigenvalue weighted by atomic mass is 9.99. The van der Waals surface area contributed by atoms with Gasteiger partial charge in [-0.2, -0.15) is 0 Å². The van der Waals surface area contributed by atoms with Gasteiger partial charge in [0.15, 0.2) is 0 Å². The summed E-state index contributed by atoms with van der Waals surface area (Å²) in [6, 6.07) is 16.0. The fourth-order valence-corrected chi connectivity index (χ4v) is 4.89. The number of hydrogen-bond donors (Lipinski definition) is 0. The highest BCUT2D eigenvalue weighted by atomic mass is 35.5. The smallest absolute Gasteiger partial charge is 0.293 e. The first-order valence-electron chi connectivity index (χ1n) is 10.4. The average Bonchev–Trinajstić information content (AvgIpc) is 3.12. The van der Waals surface area contributed by atoms with E-state index in [4.69, 9.17) is 37.4 Å². The monoisotopic (exact) mass is 529 g/mol. The lowest BCUT2D eigenvalue weighted by molar-refractivity contribution is -0.123. The Kier molecular flexibility index (Phi) is 7.60. The molecule has 9 heteroatoms. The summed E-state index contributed by atoms with van der Waals surface area (Å²) in [5, 5.41) is 0.420. The molecule has 0 aliphatic carbocycles. The molecule has 35 heavy (non-hydrogen) atoms. The van der Waals surface area contributed by atoms with E-state index in [9.17, 15) is 9.59 Å². The Hall–Kier alpha value is -3.13. The van der Waals surface area contributed by atoms with Gasteiger partial charge in [0.2, 0.25) is 0 Å². The van der Waals surface area contributed by atoms with Crippen molar-refractivity contribution in [3.63, 3.8) is 0 Å². The molecule has 1 heterocycles. The molecule has 0 aromatic heterocycles. The van der Waals surface area contributed by atoms with E-state index in [-0.39, 0.29) is 17.7 Å².